The fourth-order valence-electron chi connectivity index (χ4n) is 1.53. The Morgan fingerprint density at radius 3 is 2.95 bits per heavy atom. The van der Waals surface area contributed by atoms with E-state index in [1.807, 2.05) is 6.07 Å². The van der Waals surface area contributed by atoms with Gasteiger partial charge in [0, 0.05) is 16.2 Å². The molecule has 0 saturated heterocycles. The minimum atomic E-state index is -0.0831. The number of halogens is 1. The molecule has 0 fully saturated rings. The van der Waals surface area contributed by atoms with Crippen molar-refractivity contribution in [2.75, 3.05) is 5.32 Å². The van der Waals surface area contributed by atoms with Crippen molar-refractivity contribution in [1.82, 2.24) is 20.6 Å². The van der Waals surface area contributed by atoms with Gasteiger partial charge in [-0.1, -0.05) is 6.07 Å². The van der Waals surface area contributed by atoms with Crippen LogP contribution in [0.3, 0.4) is 0 Å². The van der Waals surface area contributed by atoms with Crippen LogP contribution < -0.4 is 5.32 Å². The quantitative estimate of drug-likeness (QED) is 0.656. The Balaban J connectivity index is 2.36. The molecule has 2 N–H and O–H groups in total. The number of allylic oxidation sites excluding steroid dienone is 1. The van der Waals surface area contributed by atoms with Crippen molar-refractivity contribution in [2.45, 2.75) is 6.92 Å². The summed E-state index contributed by atoms with van der Waals surface area (Å²) in [5.74, 6) is 0.0942. The summed E-state index contributed by atoms with van der Waals surface area (Å²) in [5.41, 5.74) is 1.29. The maximum absolute atomic E-state index is 11.6. The number of nitrogens with one attached hydrogen (secondary N) is 2. The Bertz CT molecular complexity index is 701. The number of para-hydroxylation sites is 1. The molecular formula is C12H9BrN6O. The smallest absolute Gasteiger partial charge is 0.216 e. The first kappa shape index (κ1) is 13.9. The van der Waals surface area contributed by atoms with Gasteiger partial charge < -0.3 is 5.32 Å². The van der Waals surface area contributed by atoms with Crippen LogP contribution in [0.1, 0.15) is 23.1 Å². The Kier molecular flexibility index (Phi) is 4.22. The molecule has 2 rings (SSSR count). The highest BCUT2D eigenvalue weighted by atomic mass is 79.9. The lowest BCUT2D eigenvalue weighted by Gasteiger charge is -2.09. The van der Waals surface area contributed by atoms with Crippen molar-refractivity contribution >= 4 is 33.0 Å². The second kappa shape index (κ2) is 6.08. The van der Waals surface area contributed by atoms with Gasteiger partial charge >= 0.3 is 0 Å². The maximum atomic E-state index is 11.6. The topological polar surface area (TPSA) is 107 Å². The number of aromatic nitrogens is 4. The van der Waals surface area contributed by atoms with E-state index in [1.54, 1.807) is 18.2 Å². The highest BCUT2D eigenvalue weighted by Crippen LogP contribution is 2.27. The first-order valence-corrected chi connectivity index (χ1v) is 6.33. The minimum absolute atomic E-state index is 0.0831. The number of carbonyl (C=O) groups is 1. The summed E-state index contributed by atoms with van der Waals surface area (Å²) >= 11 is 3.36. The largest absolute Gasteiger partial charge is 0.359 e. The molecular weight excluding hydrogens is 324 g/mol. The number of H-pyrrole nitrogens is 1. The molecule has 0 radical (unpaired) electrons. The van der Waals surface area contributed by atoms with Crippen molar-refractivity contribution in [3.05, 3.63) is 40.3 Å². The van der Waals surface area contributed by atoms with Gasteiger partial charge in [0.1, 0.15) is 11.6 Å². The highest BCUT2D eigenvalue weighted by molar-refractivity contribution is 9.10. The Morgan fingerprint density at radius 1 is 1.55 bits per heavy atom. The van der Waals surface area contributed by atoms with E-state index in [0.29, 0.717) is 15.7 Å². The highest BCUT2D eigenvalue weighted by Gasteiger charge is 2.11. The number of anilines is 1. The summed E-state index contributed by atoms with van der Waals surface area (Å²) in [6, 6.07) is 7.21. The molecule has 0 bridgehead atoms. The Morgan fingerprint density at radius 2 is 2.35 bits per heavy atom. The standard InChI is InChI=1S/C12H9BrN6O/c1-7(20)9-3-2-4-10(13)11(9)15-6-8(5-14)12-16-18-19-17-12/h2-4,6,15H,1H3,(H,16,17,18,19). The molecule has 8 heteroatoms. The average molecular weight is 333 g/mol. The molecule has 0 amide bonds. The van der Waals surface area contributed by atoms with Gasteiger partial charge in [-0.25, -0.2) is 0 Å². The molecule has 0 aliphatic heterocycles. The zero-order valence-electron chi connectivity index (χ0n) is 10.4. The molecule has 0 aliphatic rings. The number of nitriles is 1. The molecule has 0 aliphatic carbocycles. The van der Waals surface area contributed by atoms with Crippen LogP contribution in [0.5, 0.6) is 0 Å². The number of rotatable bonds is 4. The van der Waals surface area contributed by atoms with Gasteiger partial charge in [0.05, 0.1) is 5.69 Å². The van der Waals surface area contributed by atoms with Crippen LogP contribution in [0.4, 0.5) is 5.69 Å². The lowest BCUT2D eigenvalue weighted by atomic mass is 10.1. The summed E-state index contributed by atoms with van der Waals surface area (Å²) in [6.07, 6.45) is 1.43. The van der Waals surface area contributed by atoms with Crippen molar-refractivity contribution in [1.29, 1.82) is 5.26 Å². The molecule has 7 nitrogen and oxygen atoms in total. The zero-order valence-corrected chi connectivity index (χ0v) is 12.0. The van der Waals surface area contributed by atoms with Crippen LogP contribution in [-0.2, 0) is 0 Å². The number of aromatic amines is 1. The SMILES string of the molecule is CC(=O)c1cccc(Br)c1NC=C(C#N)c1nn[nH]n1. The predicted molar refractivity (Wildman–Crippen MR) is 75.5 cm³/mol. The van der Waals surface area contributed by atoms with Crippen LogP contribution >= 0.6 is 15.9 Å². The average Bonchev–Trinajstić information content (AvgIpc) is 2.94. The molecule has 1 aromatic carbocycles. The normalized spacial score (nSPS) is 10.9. The second-order valence-electron chi connectivity index (χ2n) is 3.77. The van der Waals surface area contributed by atoms with Gasteiger partial charge in [0.25, 0.3) is 0 Å². The third-order valence-corrected chi connectivity index (χ3v) is 3.12. The number of benzene rings is 1. The molecule has 20 heavy (non-hydrogen) atoms. The first-order chi connectivity index (χ1) is 9.63. The summed E-state index contributed by atoms with van der Waals surface area (Å²) < 4.78 is 0.715. The van der Waals surface area contributed by atoms with E-state index in [0.717, 1.165) is 0 Å². The van der Waals surface area contributed by atoms with Gasteiger partial charge in [-0.05, 0) is 40.2 Å². The van der Waals surface area contributed by atoms with E-state index < -0.39 is 0 Å². The van der Waals surface area contributed by atoms with Crippen LogP contribution in [0.25, 0.3) is 5.57 Å². The van der Waals surface area contributed by atoms with Crippen molar-refractivity contribution in [3.63, 3.8) is 0 Å². The molecule has 1 aromatic heterocycles. The number of carbonyl (C=O) groups excluding carboxylic acids is 1. The van der Waals surface area contributed by atoms with E-state index in [2.05, 4.69) is 41.9 Å². The van der Waals surface area contributed by atoms with E-state index >= 15 is 0 Å². The van der Waals surface area contributed by atoms with Gasteiger partial charge in [-0.15, -0.1) is 10.2 Å². The number of hydrogen-bond donors (Lipinski definition) is 2. The zero-order chi connectivity index (χ0) is 14.5. The van der Waals surface area contributed by atoms with Crippen molar-refractivity contribution in [3.8, 4) is 6.07 Å². The lowest BCUT2D eigenvalue weighted by molar-refractivity contribution is 0.101. The second-order valence-corrected chi connectivity index (χ2v) is 4.62. The van der Waals surface area contributed by atoms with Crippen LogP contribution in [0.15, 0.2) is 28.9 Å². The molecule has 100 valence electrons. The summed E-state index contributed by atoms with van der Waals surface area (Å²) in [5, 5.41) is 25.1. The van der Waals surface area contributed by atoms with Gasteiger partial charge in [-0.3, -0.25) is 4.79 Å². The summed E-state index contributed by atoms with van der Waals surface area (Å²) in [7, 11) is 0. The maximum Gasteiger partial charge on any atom is 0.216 e. The fraction of sp³-hybridized carbons (Fsp3) is 0.0833. The van der Waals surface area contributed by atoms with Crippen LogP contribution in [0, 0.1) is 11.3 Å². The third kappa shape index (κ3) is 2.89. The molecule has 0 unspecified atom stereocenters. The number of Topliss-reactive ketones (excluding diaryl/α,β-unsaturated/α-hetero) is 1. The molecule has 2 aromatic rings. The van der Waals surface area contributed by atoms with Crippen LogP contribution in [0.2, 0.25) is 0 Å². The Hall–Kier alpha value is -2.53. The minimum Gasteiger partial charge on any atom is -0.359 e. The summed E-state index contributed by atoms with van der Waals surface area (Å²) in [6.45, 7) is 1.47. The van der Waals surface area contributed by atoms with E-state index in [1.165, 1.54) is 13.1 Å². The van der Waals surface area contributed by atoms with E-state index in [-0.39, 0.29) is 17.2 Å². The predicted octanol–water partition coefficient (Wildman–Crippen LogP) is 2.14. The number of nitrogens with zero attached hydrogens (tertiary/aromatic N) is 4. The monoisotopic (exact) mass is 332 g/mol. The number of hydrogen-bond acceptors (Lipinski definition) is 6. The summed E-state index contributed by atoms with van der Waals surface area (Å²) in [4.78, 5) is 11.6. The van der Waals surface area contributed by atoms with Gasteiger partial charge in [0.2, 0.25) is 5.82 Å². The molecule has 1 heterocycles. The van der Waals surface area contributed by atoms with E-state index in [9.17, 15) is 4.79 Å². The van der Waals surface area contributed by atoms with Gasteiger partial charge in [0.15, 0.2) is 5.78 Å². The van der Waals surface area contributed by atoms with E-state index in [4.69, 9.17) is 5.26 Å². The van der Waals surface area contributed by atoms with Crippen molar-refractivity contribution in [2.24, 2.45) is 0 Å². The molecule has 0 spiro atoms. The molecule has 0 saturated carbocycles. The van der Waals surface area contributed by atoms with Crippen LogP contribution in [-0.4, -0.2) is 26.4 Å². The number of ketones is 1. The Labute approximate surface area is 122 Å². The third-order valence-electron chi connectivity index (χ3n) is 2.46. The van der Waals surface area contributed by atoms with Gasteiger partial charge in [-0.2, -0.15) is 10.5 Å². The first-order valence-electron chi connectivity index (χ1n) is 5.53. The molecule has 0 atom stereocenters. The fourth-order valence-corrected chi connectivity index (χ4v) is 2.01. The lowest BCUT2D eigenvalue weighted by Crippen LogP contribution is -2.01. The van der Waals surface area contributed by atoms with Crippen molar-refractivity contribution < 1.29 is 4.79 Å². The number of tetrazole rings is 1.